The molecule has 0 aromatic heterocycles. The number of likely N-dealkylation sites (N-methyl/N-ethyl adjacent to an activating group) is 1. The molecule has 3 rings (SSSR count). The van der Waals surface area contributed by atoms with E-state index in [-0.39, 0.29) is 6.61 Å². The van der Waals surface area contributed by atoms with Crippen molar-refractivity contribution in [2.45, 2.75) is 26.2 Å². The van der Waals surface area contributed by atoms with Crippen LogP contribution < -0.4 is 10.4 Å². The molecule has 1 aliphatic heterocycles. The number of piperazine rings is 1. The van der Waals surface area contributed by atoms with Crippen LogP contribution in [0.2, 0.25) is 13.1 Å². The number of aliphatic hydroxyl groups is 1. The van der Waals surface area contributed by atoms with Crippen molar-refractivity contribution in [1.29, 1.82) is 0 Å². The third-order valence-corrected chi connectivity index (χ3v) is 9.15. The summed E-state index contributed by atoms with van der Waals surface area (Å²) in [6.45, 7) is 10.5. The monoisotopic (exact) mass is 354 g/mol. The molecule has 1 fully saturated rings. The van der Waals surface area contributed by atoms with Crippen LogP contribution in [0.3, 0.4) is 0 Å². The highest BCUT2D eigenvalue weighted by atomic mass is 28.3. The largest absolute Gasteiger partial charge is 0.392 e. The molecule has 134 valence electrons. The summed E-state index contributed by atoms with van der Waals surface area (Å²) in [5, 5.41) is 12.5. The summed E-state index contributed by atoms with van der Waals surface area (Å²) in [7, 11) is 0.412. The van der Waals surface area contributed by atoms with Crippen LogP contribution >= 0.6 is 0 Å². The Bertz CT molecular complexity index is 691. The van der Waals surface area contributed by atoms with Crippen molar-refractivity contribution in [2.75, 3.05) is 33.2 Å². The molecule has 0 amide bonds. The Morgan fingerprint density at radius 2 is 1.56 bits per heavy atom. The zero-order valence-corrected chi connectivity index (χ0v) is 16.7. The number of rotatable bonds is 5. The molecule has 4 heteroatoms. The Morgan fingerprint density at radius 1 is 0.920 bits per heavy atom. The topological polar surface area (TPSA) is 26.7 Å². The third kappa shape index (κ3) is 4.21. The van der Waals surface area contributed by atoms with Gasteiger partial charge in [-0.2, -0.15) is 0 Å². The van der Waals surface area contributed by atoms with Crippen LogP contribution in [-0.2, 0) is 13.2 Å². The van der Waals surface area contributed by atoms with Crippen LogP contribution in [0.25, 0.3) is 0 Å². The molecule has 1 aliphatic rings. The normalized spacial score (nSPS) is 17.0. The third-order valence-electron chi connectivity index (χ3n) is 5.54. The standard InChI is InChI=1S/C21H30N2OSi/c1-22-12-14-23(15-13-22)16-18-8-10-20(11-9-18)25(2,3)21-7-5-4-6-19(21)17-24/h4-11,24H,12-17H2,1-3H3. The van der Waals surface area contributed by atoms with Gasteiger partial charge in [0.2, 0.25) is 0 Å². The molecule has 2 aromatic carbocycles. The van der Waals surface area contributed by atoms with E-state index in [1.54, 1.807) is 0 Å². The summed E-state index contributed by atoms with van der Waals surface area (Å²) in [5.41, 5.74) is 2.47. The second-order valence-electron chi connectivity index (χ2n) is 7.72. The Labute approximate surface area is 152 Å². The first-order valence-electron chi connectivity index (χ1n) is 9.20. The summed E-state index contributed by atoms with van der Waals surface area (Å²) in [4.78, 5) is 4.94. The number of benzene rings is 2. The number of aliphatic hydroxyl groups excluding tert-OH is 1. The maximum absolute atomic E-state index is 9.69. The van der Waals surface area contributed by atoms with Crippen LogP contribution in [0.15, 0.2) is 48.5 Å². The predicted molar refractivity (Wildman–Crippen MR) is 108 cm³/mol. The Balaban J connectivity index is 1.75. The maximum Gasteiger partial charge on any atom is 0.112 e. The van der Waals surface area contributed by atoms with Gasteiger partial charge in [-0.3, -0.25) is 4.90 Å². The van der Waals surface area contributed by atoms with Crippen molar-refractivity contribution >= 4 is 18.4 Å². The van der Waals surface area contributed by atoms with E-state index in [4.69, 9.17) is 0 Å². The van der Waals surface area contributed by atoms with Gasteiger partial charge in [0.05, 0.1) is 6.61 Å². The molecule has 1 saturated heterocycles. The molecule has 0 radical (unpaired) electrons. The van der Waals surface area contributed by atoms with Crippen LogP contribution in [-0.4, -0.2) is 56.2 Å². The quantitative estimate of drug-likeness (QED) is 0.829. The van der Waals surface area contributed by atoms with Gasteiger partial charge in [0.15, 0.2) is 0 Å². The lowest BCUT2D eigenvalue weighted by molar-refractivity contribution is 0.148. The van der Waals surface area contributed by atoms with Crippen molar-refractivity contribution in [3.05, 3.63) is 59.7 Å². The van der Waals surface area contributed by atoms with Crippen LogP contribution in [0.5, 0.6) is 0 Å². The van der Waals surface area contributed by atoms with Gasteiger partial charge in [0.25, 0.3) is 0 Å². The minimum atomic E-state index is -1.79. The van der Waals surface area contributed by atoms with Gasteiger partial charge in [-0.1, -0.05) is 66.8 Å². The summed E-state index contributed by atoms with van der Waals surface area (Å²) in [5.74, 6) is 0. The highest BCUT2D eigenvalue weighted by molar-refractivity contribution is 7.00. The molecule has 3 nitrogen and oxygen atoms in total. The van der Waals surface area contributed by atoms with Crippen LogP contribution in [0.4, 0.5) is 0 Å². The first-order chi connectivity index (χ1) is 12.0. The lowest BCUT2D eigenvalue weighted by Gasteiger charge is -2.32. The predicted octanol–water partition coefficient (Wildman–Crippen LogP) is 1.75. The molecule has 1 heterocycles. The van der Waals surface area contributed by atoms with Crippen LogP contribution in [0.1, 0.15) is 11.1 Å². The van der Waals surface area contributed by atoms with Gasteiger partial charge in [0, 0.05) is 32.7 Å². The molecule has 0 saturated carbocycles. The van der Waals surface area contributed by atoms with E-state index < -0.39 is 8.07 Å². The number of hydrogen-bond acceptors (Lipinski definition) is 3. The minimum Gasteiger partial charge on any atom is -0.392 e. The highest BCUT2D eigenvalue weighted by Gasteiger charge is 2.28. The van der Waals surface area contributed by atoms with E-state index in [2.05, 4.69) is 66.3 Å². The molecule has 0 unspecified atom stereocenters. The zero-order chi connectivity index (χ0) is 17.9. The molecule has 0 aliphatic carbocycles. The molecular formula is C21H30N2OSi. The van der Waals surface area contributed by atoms with Gasteiger partial charge >= 0.3 is 0 Å². The second-order valence-corrected chi connectivity index (χ2v) is 12.1. The van der Waals surface area contributed by atoms with E-state index in [1.807, 2.05) is 12.1 Å². The highest BCUT2D eigenvalue weighted by Crippen LogP contribution is 2.12. The van der Waals surface area contributed by atoms with Gasteiger partial charge in [-0.05, 0) is 23.4 Å². The van der Waals surface area contributed by atoms with Crippen molar-refractivity contribution in [2.24, 2.45) is 0 Å². The van der Waals surface area contributed by atoms with E-state index in [0.717, 1.165) is 38.3 Å². The minimum absolute atomic E-state index is 0.119. The average molecular weight is 355 g/mol. The van der Waals surface area contributed by atoms with Crippen molar-refractivity contribution < 1.29 is 5.11 Å². The van der Waals surface area contributed by atoms with E-state index in [1.165, 1.54) is 15.9 Å². The van der Waals surface area contributed by atoms with Crippen molar-refractivity contribution in [3.8, 4) is 0 Å². The number of hydrogen-bond donors (Lipinski definition) is 1. The fraction of sp³-hybridized carbons (Fsp3) is 0.429. The number of nitrogens with zero attached hydrogens (tertiary/aromatic N) is 2. The lowest BCUT2D eigenvalue weighted by Crippen LogP contribution is -2.54. The second kappa shape index (κ2) is 7.83. The van der Waals surface area contributed by atoms with E-state index in [9.17, 15) is 5.11 Å². The SMILES string of the molecule is CN1CCN(Cc2ccc([Si](C)(C)c3ccccc3CO)cc2)CC1. The molecular weight excluding hydrogens is 324 g/mol. The molecule has 2 aromatic rings. The van der Waals surface area contributed by atoms with Gasteiger partial charge in [-0.25, -0.2) is 0 Å². The van der Waals surface area contributed by atoms with Gasteiger partial charge in [0.1, 0.15) is 8.07 Å². The van der Waals surface area contributed by atoms with Crippen LogP contribution in [0, 0.1) is 0 Å². The summed E-state index contributed by atoms with van der Waals surface area (Å²) in [6.07, 6.45) is 0. The Kier molecular flexibility index (Phi) is 5.74. The fourth-order valence-corrected chi connectivity index (χ4v) is 6.50. The molecule has 25 heavy (non-hydrogen) atoms. The Morgan fingerprint density at radius 3 is 2.20 bits per heavy atom. The molecule has 0 bridgehead atoms. The first-order valence-corrected chi connectivity index (χ1v) is 12.2. The Hall–Kier alpha value is -1.46. The summed E-state index contributed by atoms with van der Waals surface area (Å²) in [6, 6.07) is 17.6. The smallest absolute Gasteiger partial charge is 0.112 e. The zero-order valence-electron chi connectivity index (χ0n) is 15.7. The summed E-state index contributed by atoms with van der Waals surface area (Å²) < 4.78 is 0. The molecule has 0 spiro atoms. The molecule has 1 N–H and O–H groups in total. The van der Waals surface area contributed by atoms with Gasteiger partial charge in [-0.15, -0.1) is 0 Å². The van der Waals surface area contributed by atoms with E-state index >= 15 is 0 Å². The maximum atomic E-state index is 9.69. The van der Waals surface area contributed by atoms with Gasteiger partial charge < -0.3 is 10.0 Å². The lowest BCUT2D eigenvalue weighted by atomic mass is 10.2. The summed E-state index contributed by atoms with van der Waals surface area (Å²) >= 11 is 0. The first kappa shape index (κ1) is 18.3. The fourth-order valence-electron chi connectivity index (χ4n) is 3.71. The van der Waals surface area contributed by atoms with Crippen molar-refractivity contribution in [3.63, 3.8) is 0 Å². The average Bonchev–Trinajstić information content (AvgIpc) is 2.64. The van der Waals surface area contributed by atoms with Crippen molar-refractivity contribution in [1.82, 2.24) is 9.80 Å². The molecule has 0 atom stereocenters. The van der Waals surface area contributed by atoms with E-state index in [0.29, 0.717) is 0 Å².